The minimum Gasteiger partial charge on any atom is -0.458 e. The number of fused-ring (bicyclic) bond motifs is 12. The Bertz CT molecular complexity index is 6390. The molecule has 0 bridgehead atoms. The minimum absolute atomic E-state index is 0.446. The average Bonchev–Trinajstić information content (AvgIpc) is 1.49. The molecule has 6 heterocycles. The SMILES string of the molecule is [C-]#[N+]c1ccc2c(c1)B1c3cc4c(cc3Oc3cc(N(c5ccccc5)c5ccccc5)cc(c31)O2)N(c1c(C)cc(C)cc1C)c1cc(N(c2ccccc2)c2ccccc2)cc2c1B4c1cc3c(cc1O2)N(c1c(C)cc(C)cc1C)c1cc(N(c2ccccc2)c2ccccc2)cc2c1B3c1cc(C#N)ccc1O2. The van der Waals surface area contributed by atoms with Crippen LogP contribution in [0, 0.1) is 59.4 Å². The molecule has 6 aliphatic heterocycles. The predicted molar refractivity (Wildman–Crippen MR) is 459 cm³/mol. The zero-order valence-electron chi connectivity index (χ0n) is 62.4. The van der Waals surface area contributed by atoms with Crippen LogP contribution in [0.2, 0.25) is 0 Å². The van der Waals surface area contributed by atoms with E-state index in [-0.39, 0.29) is 0 Å². The van der Waals surface area contributed by atoms with Crippen LogP contribution < -0.4 is 92.6 Å². The number of aryl methyl sites for hydroxylation is 6. The highest BCUT2D eigenvalue weighted by molar-refractivity contribution is 7.03. The number of benzene rings is 15. The van der Waals surface area contributed by atoms with Gasteiger partial charge in [0.2, 0.25) is 0 Å². The number of nitriles is 1. The molecule has 6 aliphatic rings. The molecule has 0 N–H and O–H groups in total. The van der Waals surface area contributed by atoms with Crippen LogP contribution in [0.25, 0.3) is 4.85 Å². The van der Waals surface area contributed by atoms with E-state index in [0.717, 1.165) is 168 Å². The third-order valence-electron chi connectivity index (χ3n) is 23.0. The molecular weight excluding hydrogens is 1370 g/mol. The molecule has 0 amide bonds. The minimum atomic E-state index is -0.491. The maximum atomic E-state index is 11.0. The molecule has 0 aliphatic carbocycles. The summed E-state index contributed by atoms with van der Waals surface area (Å²) in [5.74, 6) is 5.46. The van der Waals surface area contributed by atoms with Crippen LogP contribution in [0.1, 0.15) is 38.9 Å². The molecule has 0 unspecified atom stereocenters. The summed E-state index contributed by atoms with van der Waals surface area (Å²) in [5.41, 5.74) is 30.8. The van der Waals surface area contributed by atoms with E-state index >= 15 is 0 Å². The Balaban J connectivity index is 0.866. The summed E-state index contributed by atoms with van der Waals surface area (Å²) >= 11 is 0. The quantitative estimate of drug-likeness (QED) is 0.0923. The number of rotatable bonds is 11. The van der Waals surface area contributed by atoms with Gasteiger partial charge in [0, 0.05) is 98.7 Å². The van der Waals surface area contributed by atoms with Gasteiger partial charge in [-0.2, -0.15) is 5.26 Å². The average molecular weight is 1440 g/mol. The molecule has 0 saturated carbocycles. The van der Waals surface area contributed by atoms with E-state index in [4.69, 9.17) is 25.5 Å². The molecule has 528 valence electrons. The van der Waals surface area contributed by atoms with Crippen molar-refractivity contribution in [1.82, 2.24) is 0 Å². The number of para-hydroxylation sites is 6. The fraction of sp³-hybridized carbons (Fsp3) is 0.0612. The molecular formula is C98H68B3N7O4. The van der Waals surface area contributed by atoms with E-state index in [2.05, 4.69) is 332 Å². The fourth-order valence-corrected chi connectivity index (χ4v) is 18.8. The van der Waals surface area contributed by atoms with E-state index in [0.29, 0.717) is 57.2 Å². The first-order chi connectivity index (χ1) is 54.9. The summed E-state index contributed by atoms with van der Waals surface area (Å²) in [4.78, 5) is 15.9. The fourth-order valence-electron chi connectivity index (χ4n) is 18.8. The summed E-state index contributed by atoms with van der Waals surface area (Å²) in [6.07, 6.45) is 0. The van der Waals surface area contributed by atoms with Crippen molar-refractivity contribution < 1.29 is 18.9 Å². The molecule has 21 rings (SSSR count). The highest BCUT2D eigenvalue weighted by Crippen LogP contribution is 2.53. The molecule has 0 atom stereocenters. The highest BCUT2D eigenvalue weighted by Gasteiger charge is 2.51. The third-order valence-corrected chi connectivity index (χ3v) is 23.0. The van der Waals surface area contributed by atoms with Crippen molar-refractivity contribution in [3.63, 3.8) is 0 Å². The van der Waals surface area contributed by atoms with Crippen molar-refractivity contribution in [2.75, 3.05) is 24.5 Å². The van der Waals surface area contributed by atoms with Crippen molar-refractivity contribution in [1.29, 1.82) is 5.26 Å². The van der Waals surface area contributed by atoms with Gasteiger partial charge in [-0.1, -0.05) is 169 Å². The second kappa shape index (κ2) is 25.7. The van der Waals surface area contributed by atoms with E-state index in [1.165, 1.54) is 0 Å². The topological polar surface area (TPSA) is 81.3 Å². The molecule has 0 spiro atoms. The summed E-state index contributed by atoms with van der Waals surface area (Å²) in [6.45, 7) is 20.4. The van der Waals surface area contributed by atoms with Gasteiger partial charge in [0.25, 0.3) is 20.1 Å². The standard InChI is InChI=1S/C98H68B3N7O4/c1-59-42-61(3)97(62(4)43-59)107-82-56-88-80(54-76(82)99-78-46-65(58-102)38-40-86(78)109-90-50-73(48-84(107)94(90)99)104(67-26-14-8-15-27-67)68-28-16-9-17-29-68)100-77-55-81-89(112-93-53-75(106(71-34-22-12-23-35-71)72-36-24-13-25-37-72)52-92-96(93)101(81)79-47-66(103-7)39-41-87(79)110-92)57-83(77)108(98-63(5)44-60(2)45-64(98)6)85-49-74(51-91(111-88)95(85)100)105(69-30-18-10-19-31-69)70-32-20-11-21-33-70/h8-57H,1-6H3. The summed E-state index contributed by atoms with van der Waals surface area (Å²) in [7, 11) is 0. The number of anilines is 15. The maximum Gasteiger partial charge on any atom is 0.258 e. The first kappa shape index (κ1) is 65.9. The van der Waals surface area contributed by atoms with Gasteiger partial charge in [0.05, 0.1) is 46.6 Å². The normalized spacial score (nSPS) is 12.9. The van der Waals surface area contributed by atoms with Gasteiger partial charge in [-0.05, 0) is 217 Å². The molecule has 0 radical (unpaired) electrons. The zero-order chi connectivity index (χ0) is 75.3. The molecule has 15 aromatic carbocycles. The number of nitrogens with zero attached hydrogens (tertiary/aromatic N) is 7. The molecule has 0 saturated heterocycles. The molecule has 112 heavy (non-hydrogen) atoms. The lowest BCUT2D eigenvalue weighted by molar-refractivity contribution is 0.465. The number of hydrogen-bond donors (Lipinski definition) is 0. The number of ether oxygens (including phenoxy) is 4. The van der Waals surface area contributed by atoms with Crippen LogP contribution in [0.15, 0.2) is 303 Å². The van der Waals surface area contributed by atoms with Gasteiger partial charge in [-0.15, -0.1) is 0 Å². The Morgan fingerprint density at radius 2 is 0.607 bits per heavy atom. The van der Waals surface area contributed by atoms with Crippen LogP contribution in [0.3, 0.4) is 0 Å². The van der Waals surface area contributed by atoms with Crippen LogP contribution >= 0.6 is 0 Å². The smallest absolute Gasteiger partial charge is 0.258 e. The maximum absolute atomic E-state index is 11.0. The van der Waals surface area contributed by atoms with Crippen LogP contribution in [-0.2, 0) is 0 Å². The first-order valence-corrected chi connectivity index (χ1v) is 38.0. The lowest BCUT2D eigenvalue weighted by Gasteiger charge is -2.45. The monoisotopic (exact) mass is 1440 g/mol. The molecule has 14 heteroatoms. The van der Waals surface area contributed by atoms with E-state index in [9.17, 15) is 5.26 Å². The van der Waals surface area contributed by atoms with E-state index in [1.54, 1.807) is 0 Å². The molecule has 15 aromatic rings. The summed E-state index contributed by atoms with van der Waals surface area (Å²) in [6, 6.07) is 109. The van der Waals surface area contributed by atoms with Crippen molar-refractivity contribution in [3.8, 4) is 52.1 Å². The lowest BCUT2D eigenvalue weighted by atomic mass is 9.29. The molecule has 11 nitrogen and oxygen atoms in total. The van der Waals surface area contributed by atoms with Crippen LogP contribution in [-0.4, -0.2) is 20.1 Å². The van der Waals surface area contributed by atoms with Gasteiger partial charge in [-0.3, -0.25) is 0 Å². The van der Waals surface area contributed by atoms with E-state index in [1.807, 2.05) is 48.5 Å². The second-order valence-corrected chi connectivity index (χ2v) is 30.1. The zero-order valence-corrected chi connectivity index (χ0v) is 62.4. The van der Waals surface area contributed by atoms with Gasteiger partial charge in [0.15, 0.2) is 5.69 Å². The van der Waals surface area contributed by atoms with Crippen molar-refractivity contribution in [2.45, 2.75) is 41.5 Å². The summed E-state index contributed by atoms with van der Waals surface area (Å²) < 4.78 is 30.3. The Kier molecular flexibility index (Phi) is 15.1. The van der Waals surface area contributed by atoms with Gasteiger partial charge >= 0.3 is 0 Å². The largest absolute Gasteiger partial charge is 0.458 e. The summed E-state index contributed by atoms with van der Waals surface area (Å²) in [5, 5.41) is 11.0. The number of hydrogen-bond acceptors (Lipinski definition) is 10. The van der Waals surface area contributed by atoms with Crippen LogP contribution in [0.5, 0.6) is 46.0 Å². The second-order valence-electron chi connectivity index (χ2n) is 30.1. The van der Waals surface area contributed by atoms with Gasteiger partial charge in [0.1, 0.15) is 46.0 Å². The van der Waals surface area contributed by atoms with Crippen LogP contribution in [0.4, 0.5) is 91.0 Å². The lowest BCUT2D eigenvalue weighted by Crippen LogP contribution is -2.64. The Morgan fingerprint density at radius 3 is 0.964 bits per heavy atom. The first-order valence-electron chi connectivity index (χ1n) is 38.0. The third kappa shape index (κ3) is 10.4. The Hall–Kier alpha value is -14.3. The Labute approximate surface area is 652 Å². The molecule has 0 aromatic heterocycles. The van der Waals surface area contributed by atoms with Crippen molar-refractivity contribution in [3.05, 3.63) is 354 Å². The Morgan fingerprint density at radius 1 is 0.295 bits per heavy atom. The van der Waals surface area contributed by atoms with Crippen molar-refractivity contribution >= 4 is 160 Å². The van der Waals surface area contributed by atoms with Gasteiger partial charge in [-0.25, -0.2) is 4.85 Å². The van der Waals surface area contributed by atoms with Gasteiger partial charge < -0.3 is 43.4 Å². The van der Waals surface area contributed by atoms with E-state index < -0.39 is 20.1 Å². The predicted octanol–water partition coefficient (Wildman–Crippen LogP) is 19.9. The highest BCUT2D eigenvalue weighted by atomic mass is 16.5. The molecule has 0 fully saturated rings. The van der Waals surface area contributed by atoms with Crippen molar-refractivity contribution in [2.24, 2.45) is 0 Å².